The summed E-state index contributed by atoms with van der Waals surface area (Å²) >= 11 is 0.978. The number of methoxy groups -OCH3 is 1. The highest BCUT2D eigenvalue weighted by Crippen LogP contribution is 2.24. The van der Waals surface area contributed by atoms with Gasteiger partial charge >= 0.3 is 0 Å². The summed E-state index contributed by atoms with van der Waals surface area (Å²) in [6.45, 7) is 0.0811. The summed E-state index contributed by atoms with van der Waals surface area (Å²) in [6.07, 6.45) is 1.56. The number of rotatable bonds is 7. The van der Waals surface area contributed by atoms with Gasteiger partial charge in [-0.3, -0.25) is 0 Å². The first-order valence-electron chi connectivity index (χ1n) is 8.53. The maximum absolute atomic E-state index is 12.7. The molecule has 148 valence electrons. The molecule has 10 heteroatoms. The van der Waals surface area contributed by atoms with Crippen LogP contribution in [0.2, 0.25) is 0 Å². The summed E-state index contributed by atoms with van der Waals surface area (Å²) in [4.78, 5) is 4.27. The Kier molecular flexibility index (Phi) is 5.38. The van der Waals surface area contributed by atoms with E-state index >= 15 is 0 Å². The molecular weight excluding hydrogens is 412 g/mol. The number of benzene rings is 2. The van der Waals surface area contributed by atoms with E-state index in [4.69, 9.17) is 9.47 Å². The molecular formula is C19H16N4O4S2. The van der Waals surface area contributed by atoms with Crippen molar-refractivity contribution in [2.45, 2.75) is 11.4 Å². The molecule has 0 saturated carbocycles. The molecule has 2 aromatic heterocycles. The third kappa shape index (κ3) is 4.34. The Balaban J connectivity index is 1.48. The van der Waals surface area contributed by atoms with Crippen LogP contribution in [-0.4, -0.2) is 29.3 Å². The second-order valence-electron chi connectivity index (χ2n) is 5.99. The number of hydrogen-bond donors (Lipinski definition) is 1. The van der Waals surface area contributed by atoms with Gasteiger partial charge in [0.15, 0.2) is 0 Å². The number of nitrogens with one attached hydrogen (secondary N) is 1. The van der Waals surface area contributed by atoms with Crippen LogP contribution in [0.4, 0.5) is 0 Å². The maximum Gasteiger partial charge on any atom is 0.243 e. The minimum Gasteiger partial charge on any atom is -0.497 e. The fourth-order valence-corrected chi connectivity index (χ4v) is 4.42. The highest BCUT2D eigenvalue weighted by atomic mass is 32.2. The minimum atomic E-state index is -3.76. The van der Waals surface area contributed by atoms with Crippen molar-refractivity contribution in [3.8, 4) is 17.4 Å². The van der Waals surface area contributed by atoms with E-state index in [1.165, 1.54) is 6.07 Å². The van der Waals surface area contributed by atoms with Crippen molar-refractivity contribution in [1.82, 2.24) is 18.5 Å². The highest BCUT2D eigenvalue weighted by Gasteiger charge is 2.19. The molecule has 0 saturated heterocycles. The quantitative estimate of drug-likeness (QED) is 0.481. The van der Waals surface area contributed by atoms with Gasteiger partial charge in [0.25, 0.3) is 0 Å². The first-order valence-corrected chi connectivity index (χ1v) is 10.7. The van der Waals surface area contributed by atoms with Crippen LogP contribution in [0.25, 0.3) is 11.0 Å². The van der Waals surface area contributed by atoms with Crippen LogP contribution in [0, 0.1) is 0 Å². The SMILES string of the molecule is COc1ccc(Oc2cc(CNS(=O)(=O)c3cccc4nsnc34)ccn2)cc1. The van der Waals surface area contributed by atoms with Gasteiger partial charge in [-0.15, -0.1) is 0 Å². The summed E-state index contributed by atoms with van der Waals surface area (Å²) in [7, 11) is -2.16. The lowest BCUT2D eigenvalue weighted by molar-refractivity contribution is 0.412. The van der Waals surface area contributed by atoms with Crippen molar-refractivity contribution in [1.29, 1.82) is 0 Å². The molecule has 0 atom stereocenters. The van der Waals surface area contributed by atoms with Crippen molar-refractivity contribution in [2.24, 2.45) is 0 Å². The van der Waals surface area contributed by atoms with Crippen molar-refractivity contribution in [3.63, 3.8) is 0 Å². The normalized spacial score (nSPS) is 11.5. The molecule has 2 aromatic carbocycles. The molecule has 0 aliphatic rings. The van der Waals surface area contributed by atoms with E-state index in [0.29, 0.717) is 28.2 Å². The van der Waals surface area contributed by atoms with Gasteiger partial charge in [-0.25, -0.2) is 18.1 Å². The number of ether oxygens (including phenoxy) is 2. The van der Waals surface area contributed by atoms with Gasteiger partial charge in [0.05, 0.1) is 18.8 Å². The number of aromatic nitrogens is 3. The molecule has 0 aliphatic carbocycles. The minimum absolute atomic E-state index is 0.0811. The lowest BCUT2D eigenvalue weighted by Crippen LogP contribution is -2.23. The molecule has 29 heavy (non-hydrogen) atoms. The zero-order chi connectivity index (χ0) is 20.3. The summed E-state index contributed by atoms with van der Waals surface area (Å²) in [5.74, 6) is 1.68. The van der Waals surface area contributed by atoms with Gasteiger partial charge in [-0.05, 0) is 48.0 Å². The molecule has 0 aliphatic heterocycles. The number of pyridine rings is 1. The second-order valence-corrected chi connectivity index (χ2v) is 8.26. The Morgan fingerprint density at radius 3 is 2.62 bits per heavy atom. The van der Waals surface area contributed by atoms with E-state index in [0.717, 1.165) is 17.5 Å². The summed E-state index contributed by atoms with van der Waals surface area (Å²) in [5.41, 5.74) is 1.62. The molecule has 0 amide bonds. The lowest BCUT2D eigenvalue weighted by Gasteiger charge is -2.09. The predicted molar refractivity (Wildman–Crippen MR) is 109 cm³/mol. The smallest absolute Gasteiger partial charge is 0.243 e. The van der Waals surface area contributed by atoms with Crippen LogP contribution in [0.5, 0.6) is 17.4 Å². The molecule has 0 radical (unpaired) electrons. The summed E-state index contributed by atoms with van der Waals surface area (Å²) in [5, 5.41) is 0. The number of fused-ring (bicyclic) bond motifs is 1. The Morgan fingerprint density at radius 2 is 1.83 bits per heavy atom. The van der Waals surface area contributed by atoms with E-state index < -0.39 is 10.0 Å². The molecule has 2 heterocycles. The van der Waals surface area contributed by atoms with Gasteiger partial charge in [0.1, 0.15) is 27.4 Å². The van der Waals surface area contributed by atoms with E-state index in [1.54, 1.807) is 61.8 Å². The first-order chi connectivity index (χ1) is 14.0. The van der Waals surface area contributed by atoms with E-state index in [1.807, 2.05) is 0 Å². The van der Waals surface area contributed by atoms with E-state index in [9.17, 15) is 8.42 Å². The van der Waals surface area contributed by atoms with Gasteiger partial charge in [0.2, 0.25) is 15.9 Å². The van der Waals surface area contributed by atoms with Crippen LogP contribution >= 0.6 is 11.7 Å². The standard InChI is InChI=1S/C19H16N4O4S2/c1-26-14-5-7-15(8-6-14)27-18-11-13(9-10-20-18)12-21-29(24,25)17-4-2-3-16-19(17)23-28-22-16/h2-11,21H,12H2,1H3. The molecule has 0 fully saturated rings. The highest BCUT2D eigenvalue weighted by molar-refractivity contribution is 7.89. The third-order valence-electron chi connectivity index (χ3n) is 4.09. The Bertz CT molecular complexity index is 1240. The molecule has 4 aromatic rings. The number of nitrogens with zero attached hydrogens (tertiary/aromatic N) is 3. The monoisotopic (exact) mass is 428 g/mol. The first kappa shape index (κ1) is 19.2. The van der Waals surface area contributed by atoms with Gasteiger partial charge in [-0.2, -0.15) is 8.75 Å². The Hall–Kier alpha value is -3.08. The molecule has 1 N–H and O–H groups in total. The predicted octanol–water partition coefficient (Wildman–Crippen LogP) is 3.37. The van der Waals surface area contributed by atoms with Crippen LogP contribution in [-0.2, 0) is 16.6 Å². The van der Waals surface area contributed by atoms with Crippen molar-refractivity contribution >= 4 is 32.8 Å². The largest absolute Gasteiger partial charge is 0.497 e. The zero-order valence-electron chi connectivity index (χ0n) is 15.3. The van der Waals surface area contributed by atoms with Crippen LogP contribution in [0.15, 0.2) is 65.7 Å². The van der Waals surface area contributed by atoms with E-state index in [2.05, 4.69) is 18.5 Å². The topological polar surface area (TPSA) is 103 Å². The fourth-order valence-electron chi connectivity index (χ4n) is 2.64. The average Bonchev–Trinajstić information content (AvgIpc) is 3.22. The molecule has 0 unspecified atom stereocenters. The zero-order valence-corrected chi connectivity index (χ0v) is 16.9. The number of sulfonamides is 1. The van der Waals surface area contributed by atoms with Crippen LogP contribution in [0.3, 0.4) is 0 Å². The average molecular weight is 428 g/mol. The summed E-state index contributed by atoms with van der Waals surface area (Å²) < 4.78 is 47.0. The van der Waals surface area contributed by atoms with Crippen molar-refractivity contribution in [2.75, 3.05) is 7.11 Å². The summed E-state index contributed by atoms with van der Waals surface area (Å²) in [6, 6.07) is 15.4. The van der Waals surface area contributed by atoms with Crippen molar-refractivity contribution < 1.29 is 17.9 Å². The van der Waals surface area contributed by atoms with Crippen LogP contribution in [0.1, 0.15) is 5.56 Å². The second kappa shape index (κ2) is 8.11. The molecule has 4 rings (SSSR count). The van der Waals surface area contributed by atoms with Gasteiger partial charge in [0, 0.05) is 18.8 Å². The number of hydrogen-bond acceptors (Lipinski definition) is 8. The van der Waals surface area contributed by atoms with Gasteiger partial charge < -0.3 is 9.47 Å². The third-order valence-corrected chi connectivity index (χ3v) is 6.06. The maximum atomic E-state index is 12.7. The lowest BCUT2D eigenvalue weighted by atomic mass is 10.3. The van der Waals surface area contributed by atoms with Crippen LogP contribution < -0.4 is 14.2 Å². The molecule has 8 nitrogen and oxygen atoms in total. The Morgan fingerprint density at radius 1 is 1.03 bits per heavy atom. The fraction of sp³-hybridized carbons (Fsp3) is 0.105. The molecule has 0 bridgehead atoms. The van der Waals surface area contributed by atoms with Crippen molar-refractivity contribution in [3.05, 3.63) is 66.4 Å². The molecule has 0 spiro atoms. The Labute approximate surface area is 171 Å². The van der Waals surface area contributed by atoms with E-state index in [-0.39, 0.29) is 11.4 Å². The van der Waals surface area contributed by atoms with Gasteiger partial charge in [-0.1, -0.05) is 6.07 Å².